The quantitative estimate of drug-likeness (QED) is 0.682. The maximum atomic E-state index is 12.2. The highest BCUT2D eigenvalue weighted by atomic mass is 19.4. The van der Waals surface area contributed by atoms with Crippen LogP contribution in [-0.2, 0) is 14.3 Å². The number of aromatic nitrogens is 2. The van der Waals surface area contributed by atoms with E-state index in [9.17, 15) is 18.0 Å². The fourth-order valence-corrected chi connectivity index (χ4v) is 3.71. The van der Waals surface area contributed by atoms with E-state index in [4.69, 9.17) is 13.9 Å². The minimum absolute atomic E-state index is 0.0869. The lowest BCUT2D eigenvalue weighted by atomic mass is 9.82. The van der Waals surface area contributed by atoms with Crippen molar-refractivity contribution in [2.24, 2.45) is 0 Å². The molecule has 32 heavy (non-hydrogen) atoms. The van der Waals surface area contributed by atoms with Crippen LogP contribution in [-0.4, -0.2) is 47.8 Å². The molecule has 2 aliphatic rings. The first-order valence-corrected chi connectivity index (χ1v) is 10.4. The van der Waals surface area contributed by atoms with E-state index in [-0.39, 0.29) is 43.9 Å². The first kappa shape index (κ1) is 22.5. The molecule has 174 valence electrons. The summed E-state index contributed by atoms with van der Waals surface area (Å²) in [7, 11) is 0. The average molecular weight is 455 g/mol. The lowest BCUT2D eigenvalue weighted by Gasteiger charge is -2.33. The Labute approximate surface area is 182 Å². The van der Waals surface area contributed by atoms with E-state index in [0.717, 1.165) is 5.56 Å². The third-order valence-corrected chi connectivity index (χ3v) is 5.51. The lowest BCUT2D eigenvalue weighted by molar-refractivity contribution is -0.352. The molecule has 1 amide bonds. The van der Waals surface area contributed by atoms with Crippen molar-refractivity contribution < 1.29 is 36.6 Å². The Balaban J connectivity index is 1.17. The van der Waals surface area contributed by atoms with Gasteiger partial charge in [0.1, 0.15) is 11.9 Å². The summed E-state index contributed by atoms with van der Waals surface area (Å²) in [5.41, 5.74) is 1.11. The van der Waals surface area contributed by atoms with Crippen LogP contribution in [0.25, 0.3) is 0 Å². The Hall–Kier alpha value is -2.66. The number of carbonyl (C=O) groups excluding carboxylic acids is 1. The number of benzene rings is 1. The van der Waals surface area contributed by atoms with Crippen LogP contribution in [0.4, 0.5) is 13.2 Å². The molecule has 1 aromatic heterocycles. The average Bonchev–Trinajstić information content (AvgIpc) is 3.19. The minimum Gasteiger partial charge on any atom is -0.484 e. The Morgan fingerprint density at radius 2 is 1.88 bits per heavy atom. The van der Waals surface area contributed by atoms with Crippen molar-refractivity contribution in [2.75, 3.05) is 13.2 Å². The third kappa shape index (κ3) is 5.98. The summed E-state index contributed by atoms with van der Waals surface area (Å²) >= 11 is 0. The number of nitrogens with zero attached hydrogens (tertiary/aromatic N) is 2. The molecule has 2 heterocycles. The van der Waals surface area contributed by atoms with Crippen molar-refractivity contribution in [3.8, 4) is 5.75 Å². The predicted molar refractivity (Wildman–Crippen MR) is 104 cm³/mol. The smallest absolute Gasteiger partial charge is 0.484 e. The molecule has 0 unspecified atom stereocenters. The molecule has 2 atom stereocenters. The van der Waals surface area contributed by atoms with E-state index in [0.29, 0.717) is 30.4 Å². The van der Waals surface area contributed by atoms with Gasteiger partial charge in [-0.15, -0.1) is 23.4 Å². The summed E-state index contributed by atoms with van der Waals surface area (Å²) in [5, 5.41) is 10.8. The number of halogens is 3. The minimum atomic E-state index is -4.63. The number of ether oxygens (including phenoxy) is 3. The SMILES string of the molecule is Cc1ccc(OCC(=O)N[C@@H]2CC[C@@H](c3nnc(C4CC(OC(F)(F)F)C4)o3)OC2)cc1. The zero-order chi connectivity index (χ0) is 22.7. The van der Waals surface area contributed by atoms with E-state index in [1.165, 1.54) is 0 Å². The predicted octanol–water partition coefficient (Wildman–Crippen LogP) is 3.58. The lowest BCUT2D eigenvalue weighted by Crippen LogP contribution is -2.43. The maximum Gasteiger partial charge on any atom is 0.522 e. The van der Waals surface area contributed by atoms with Crippen molar-refractivity contribution in [3.05, 3.63) is 41.6 Å². The number of hydrogen-bond donors (Lipinski definition) is 1. The van der Waals surface area contributed by atoms with Gasteiger partial charge in [0.05, 0.1) is 18.8 Å². The Bertz CT molecular complexity index is 904. The molecule has 1 aliphatic carbocycles. The van der Waals surface area contributed by atoms with Crippen LogP contribution < -0.4 is 10.1 Å². The van der Waals surface area contributed by atoms with Gasteiger partial charge < -0.3 is 19.2 Å². The summed E-state index contributed by atoms with van der Waals surface area (Å²) in [5.74, 6) is 0.744. The van der Waals surface area contributed by atoms with Crippen molar-refractivity contribution in [1.82, 2.24) is 15.5 Å². The molecular formula is C21H24F3N3O5. The third-order valence-electron chi connectivity index (χ3n) is 5.51. The van der Waals surface area contributed by atoms with Crippen LogP contribution >= 0.6 is 0 Å². The van der Waals surface area contributed by atoms with Crippen LogP contribution in [0.5, 0.6) is 5.75 Å². The first-order valence-electron chi connectivity index (χ1n) is 10.4. The number of amides is 1. The topological polar surface area (TPSA) is 95.7 Å². The fourth-order valence-electron chi connectivity index (χ4n) is 3.71. The van der Waals surface area contributed by atoms with Gasteiger partial charge in [0.25, 0.3) is 5.91 Å². The van der Waals surface area contributed by atoms with Gasteiger partial charge in [-0.2, -0.15) is 0 Å². The van der Waals surface area contributed by atoms with Crippen molar-refractivity contribution in [3.63, 3.8) is 0 Å². The summed E-state index contributed by atoms with van der Waals surface area (Å²) in [6.45, 7) is 2.16. The number of rotatable bonds is 7. The zero-order valence-corrected chi connectivity index (χ0v) is 17.4. The maximum absolute atomic E-state index is 12.2. The van der Waals surface area contributed by atoms with Gasteiger partial charge in [0.15, 0.2) is 6.61 Å². The Morgan fingerprint density at radius 3 is 2.53 bits per heavy atom. The van der Waals surface area contributed by atoms with E-state index in [2.05, 4.69) is 20.3 Å². The number of carbonyl (C=O) groups is 1. The number of nitrogens with one attached hydrogen (secondary N) is 1. The second-order valence-electron chi connectivity index (χ2n) is 8.10. The molecule has 0 spiro atoms. The van der Waals surface area contributed by atoms with Crippen LogP contribution in [0.3, 0.4) is 0 Å². The summed E-state index contributed by atoms with van der Waals surface area (Å²) < 4.78 is 57.5. The largest absolute Gasteiger partial charge is 0.522 e. The van der Waals surface area contributed by atoms with Crippen LogP contribution in [0.15, 0.2) is 28.7 Å². The molecule has 8 nitrogen and oxygen atoms in total. The second-order valence-corrected chi connectivity index (χ2v) is 8.10. The van der Waals surface area contributed by atoms with Gasteiger partial charge in [-0.05, 0) is 44.7 Å². The number of hydrogen-bond acceptors (Lipinski definition) is 7. The Morgan fingerprint density at radius 1 is 1.16 bits per heavy atom. The van der Waals surface area contributed by atoms with E-state index < -0.39 is 18.6 Å². The van der Waals surface area contributed by atoms with Crippen molar-refractivity contribution in [1.29, 1.82) is 0 Å². The number of alkyl halides is 3. The number of aryl methyl sites for hydroxylation is 1. The molecule has 1 saturated heterocycles. The van der Waals surface area contributed by atoms with Crippen molar-refractivity contribution in [2.45, 2.75) is 63.1 Å². The van der Waals surface area contributed by atoms with E-state index in [1.807, 2.05) is 31.2 Å². The van der Waals surface area contributed by atoms with E-state index >= 15 is 0 Å². The van der Waals surface area contributed by atoms with Gasteiger partial charge in [-0.25, -0.2) is 0 Å². The highest BCUT2D eigenvalue weighted by molar-refractivity contribution is 5.77. The van der Waals surface area contributed by atoms with Crippen molar-refractivity contribution >= 4 is 5.91 Å². The molecular weight excluding hydrogens is 431 g/mol. The molecule has 11 heteroatoms. The molecule has 0 radical (unpaired) electrons. The molecule has 2 fully saturated rings. The standard InChI is InChI=1S/C21H24F3N3O5/c1-12-2-5-15(6-3-12)29-11-18(28)25-14-4-7-17(30-10-14)20-27-26-19(31-20)13-8-16(9-13)32-21(22,23)24/h2-3,5-6,13-14,16-17H,4,7-11H2,1H3,(H,25,28)/t13?,14-,16?,17+/m1/s1. The second kappa shape index (κ2) is 9.45. The highest BCUT2D eigenvalue weighted by Crippen LogP contribution is 2.41. The summed E-state index contributed by atoms with van der Waals surface area (Å²) in [6.07, 6.45) is -4.32. The highest BCUT2D eigenvalue weighted by Gasteiger charge is 2.42. The monoisotopic (exact) mass is 455 g/mol. The van der Waals surface area contributed by atoms with Gasteiger partial charge in [0, 0.05) is 5.92 Å². The van der Waals surface area contributed by atoms with E-state index in [1.54, 1.807) is 0 Å². The molecule has 1 aromatic carbocycles. The van der Waals surface area contributed by atoms with Crippen LogP contribution in [0, 0.1) is 6.92 Å². The molecule has 1 aliphatic heterocycles. The summed E-state index contributed by atoms with van der Waals surface area (Å²) in [6, 6.07) is 7.27. The molecule has 2 aromatic rings. The summed E-state index contributed by atoms with van der Waals surface area (Å²) in [4.78, 5) is 12.1. The molecule has 0 bridgehead atoms. The van der Waals surface area contributed by atoms with Gasteiger partial charge in [-0.1, -0.05) is 17.7 Å². The first-order chi connectivity index (χ1) is 15.2. The van der Waals surface area contributed by atoms with Crippen LogP contribution in [0.1, 0.15) is 55.1 Å². The fraction of sp³-hybridized carbons (Fsp3) is 0.571. The molecule has 1 saturated carbocycles. The Kier molecular flexibility index (Phi) is 6.66. The van der Waals surface area contributed by atoms with Gasteiger partial charge in [-0.3, -0.25) is 9.53 Å². The molecule has 4 rings (SSSR count). The molecule has 1 N–H and O–H groups in total. The van der Waals surface area contributed by atoms with Gasteiger partial charge >= 0.3 is 6.36 Å². The van der Waals surface area contributed by atoms with Crippen LogP contribution in [0.2, 0.25) is 0 Å². The normalized spacial score (nSPS) is 25.8. The van der Waals surface area contributed by atoms with Gasteiger partial charge in [0.2, 0.25) is 11.8 Å². The zero-order valence-electron chi connectivity index (χ0n) is 17.4.